The number of alkyl halides is 3. The number of aliphatic hydroxyl groups is 2. The number of rotatable bonds is 11. The molecule has 158 valence electrons. The third kappa shape index (κ3) is 40.3. The maximum Gasteiger partial charge on any atom is 0.389 e. The van der Waals surface area contributed by atoms with Crippen molar-refractivity contribution in [1.82, 2.24) is 0 Å². The van der Waals surface area contributed by atoms with Gasteiger partial charge in [0.05, 0.1) is 6.10 Å². The van der Waals surface area contributed by atoms with Crippen molar-refractivity contribution in [2.24, 2.45) is 0 Å². The molecule has 0 aromatic rings. The third-order valence-corrected chi connectivity index (χ3v) is 2.71. The number of allylic oxidation sites excluding steroid dienone is 4. The number of carboxylic acids is 1. The van der Waals surface area contributed by atoms with Gasteiger partial charge in [-0.05, 0) is 25.7 Å². The van der Waals surface area contributed by atoms with Crippen LogP contribution in [0.1, 0.15) is 51.9 Å². The molecule has 0 unspecified atom stereocenters. The predicted molar refractivity (Wildman–Crippen MR) is 103 cm³/mol. The molecule has 0 aliphatic carbocycles. The molecule has 0 fully saturated rings. The number of carboxylic acid groups (broad SMARTS) is 1. The number of hydrogen-bond acceptors (Lipinski definition) is 3. The Morgan fingerprint density at radius 3 is 2.11 bits per heavy atom. The highest BCUT2D eigenvalue weighted by molar-refractivity contribution is 5.66. The number of carbonyl (C=O) groups is 1. The monoisotopic (exact) mass is 394 g/mol. The lowest BCUT2D eigenvalue weighted by molar-refractivity contribution is -0.137. The molecule has 0 saturated heterocycles. The van der Waals surface area contributed by atoms with Crippen molar-refractivity contribution < 1.29 is 33.3 Å². The van der Waals surface area contributed by atoms with Crippen LogP contribution in [0.5, 0.6) is 0 Å². The van der Waals surface area contributed by atoms with Crippen molar-refractivity contribution in [3.05, 3.63) is 49.6 Å². The zero-order valence-corrected chi connectivity index (χ0v) is 16.0. The first kappa shape index (κ1) is 29.9. The van der Waals surface area contributed by atoms with Crippen molar-refractivity contribution in [2.45, 2.75) is 64.1 Å². The van der Waals surface area contributed by atoms with Crippen LogP contribution < -0.4 is 0 Å². The highest BCUT2D eigenvalue weighted by Gasteiger charge is 2.25. The third-order valence-electron chi connectivity index (χ3n) is 2.71. The number of unbranched alkanes of at least 4 members (excludes halogenated alkanes) is 2. The van der Waals surface area contributed by atoms with Crippen LogP contribution in [0, 0.1) is 0 Å². The van der Waals surface area contributed by atoms with Crippen molar-refractivity contribution in [3.8, 4) is 0 Å². The zero-order chi connectivity index (χ0) is 21.6. The first-order valence-electron chi connectivity index (χ1n) is 8.78. The molecule has 0 rings (SSSR count). The van der Waals surface area contributed by atoms with Gasteiger partial charge in [0.1, 0.15) is 0 Å². The minimum atomic E-state index is -3.95. The molecule has 0 heterocycles. The number of hydrogen-bond donors (Lipinski definition) is 3. The first-order chi connectivity index (χ1) is 12.6. The van der Waals surface area contributed by atoms with Gasteiger partial charge in [0, 0.05) is 19.4 Å². The fourth-order valence-electron chi connectivity index (χ4n) is 1.35. The molecule has 4 nitrogen and oxygen atoms in total. The van der Waals surface area contributed by atoms with Crippen molar-refractivity contribution in [1.29, 1.82) is 0 Å². The van der Waals surface area contributed by atoms with Gasteiger partial charge in [0.25, 0.3) is 0 Å². The summed E-state index contributed by atoms with van der Waals surface area (Å²) >= 11 is 0. The Hall–Kier alpha value is -1.86. The van der Waals surface area contributed by atoms with E-state index in [4.69, 9.17) is 15.3 Å². The molecular weight excluding hydrogens is 361 g/mol. The maximum absolute atomic E-state index is 11.2. The van der Waals surface area contributed by atoms with Crippen molar-refractivity contribution in [3.63, 3.8) is 0 Å². The lowest BCUT2D eigenvalue weighted by Crippen LogP contribution is -2.05. The van der Waals surface area contributed by atoms with E-state index >= 15 is 0 Å². The molecule has 0 aromatic heterocycles. The van der Waals surface area contributed by atoms with Gasteiger partial charge in [-0.25, -0.2) is 0 Å². The summed E-state index contributed by atoms with van der Waals surface area (Å²) in [6.07, 6.45) is 8.28. The van der Waals surface area contributed by atoms with E-state index in [2.05, 4.69) is 13.2 Å². The van der Waals surface area contributed by atoms with E-state index in [1.165, 1.54) is 0 Å². The van der Waals surface area contributed by atoms with Crippen molar-refractivity contribution in [2.75, 3.05) is 6.61 Å². The molecule has 3 N–H and O–H groups in total. The Morgan fingerprint density at radius 2 is 1.74 bits per heavy atom. The number of halogens is 3. The summed E-state index contributed by atoms with van der Waals surface area (Å²) in [6.45, 7) is 8.86. The molecule has 27 heavy (non-hydrogen) atoms. The van der Waals surface area contributed by atoms with E-state index in [9.17, 15) is 18.0 Å². The van der Waals surface area contributed by atoms with Crippen LogP contribution in [0.4, 0.5) is 13.2 Å². The maximum atomic E-state index is 11.2. The lowest BCUT2D eigenvalue weighted by atomic mass is 10.2. The molecule has 1 atom stereocenters. The SMILES string of the molecule is C=C/C=C/C=C/[C@H](O)CC=C.CCCCC(F)(F)F.O=C(O)CCCCO. The van der Waals surface area contributed by atoms with E-state index in [1.54, 1.807) is 37.3 Å². The number of aliphatic hydroxyl groups excluding tert-OH is 2. The molecule has 7 heteroatoms. The van der Waals surface area contributed by atoms with Crippen LogP contribution in [0.15, 0.2) is 49.6 Å². The second-order valence-corrected chi connectivity index (χ2v) is 5.39. The molecule has 0 aliphatic rings. The summed E-state index contributed by atoms with van der Waals surface area (Å²) in [5.74, 6) is -0.793. The fourth-order valence-corrected chi connectivity index (χ4v) is 1.35. The van der Waals surface area contributed by atoms with Gasteiger partial charge in [-0.1, -0.05) is 56.4 Å². The molecule has 0 aliphatic heterocycles. The second kappa shape index (κ2) is 22.2. The summed E-state index contributed by atoms with van der Waals surface area (Å²) in [5, 5.41) is 25.4. The average Bonchev–Trinajstić information content (AvgIpc) is 2.58. The predicted octanol–water partition coefficient (Wildman–Crippen LogP) is 5.19. The normalized spacial score (nSPS) is 11.9. The minimum absolute atomic E-state index is 0.0906. The Balaban J connectivity index is -0.000000327. The van der Waals surface area contributed by atoms with Gasteiger partial charge < -0.3 is 15.3 Å². The quantitative estimate of drug-likeness (QED) is 0.256. The summed E-state index contributed by atoms with van der Waals surface area (Å²) < 4.78 is 33.7. The number of aliphatic carboxylic acids is 1. The van der Waals surface area contributed by atoms with Crippen LogP contribution in [-0.4, -0.2) is 40.2 Å². The average molecular weight is 394 g/mol. The molecular formula is C20H33F3O4. The summed E-state index contributed by atoms with van der Waals surface area (Å²) in [5.41, 5.74) is 0. The topological polar surface area (TPSA) is 77.8 Å². The van der Waals surface area contributed by atoms with E-state index in [0.717, 1.165) is 0 Å². The fraction of sp³-hybridized carbons (Fsp3) is 0.550. The van der Waals surface area contributed by atoms with Gasteiger partial charge in [0.2, 0.25) is 0 Å². The molecule has 0 saturated carbocycles. The second-order valence-electron chi connectivity index (χ2n) is 5.39. The van der Waals surface area contributed by atoms with E-state index < -0.39 is 24.7 Å². The molecule has 0 radical (unpaired) electrons. The van der Waals surface area contributed by atoms with Crippen LogP contribution >= 0.6 is 0 Å². The van der Waals surface area contributed by atoms with E-state index in [0.29, 0.717) is 25.7 Å². The van der Waals surface area contributed by atoms with Gasteiger partial charge in [-0.15, -0.1) is 6.58 Å². The minimum Gasteiger partial charge on any atom is -0.481 e. The highest BCUT2D eigenvalue weighted by Crippen LogP contribution is 2.21. The van der Waals surface area contributed by atoms with E-state index in [1.807, 2.05) is 6.08 Å². The summed E-state index contributed by atoms with van der Waals surface area (Å²) in [6, 6.07) is 0. The summed E-state index contributed by atoms with van der Waals surface area (Å²) in [7, 11) is 0. The zero-order valence-electron chi connectivity index (χ0n) is 16.0. The highest BCUT2D eigenvalue weighted by atomic mass is 19.4. The Kier molecular flexibility index (Phi) is 24.6. The Labute approximate surface area is 160 Å². The molecule has 0 spiro atoms. The first-order valence-corrected chi connectivity index (χ1v) is 8.78. The molecule has 0 amide bonds. The Bertz CT molecular complexity index is 416. The van der Waals surface area contributed by atoms with Crippen LogP contribution in [-0.2, 0) is 4.79 Å². The smallest absolute Gasteiger partial charge is 0.389 e. The molecule has 0 bridgehead atoms. The van der Waals surface area contributed by atoms with Gasteiger partial charge in [0.15, 0.2) is 0 Å². The van der Waals surface area contributed by atoms with Crippen molar-refractivity contribution >= 4 is 5.97 Å². The van der Waals surface area contributed by atoms with Gasteiger partial charge >= 0.3 is 12.1 Å². The standard InChI is InChI=1S/C10H14O.C5H9F3.C5H10O3/c1-3-5-6-7-9-10(11)8-4-2;1-2-3-4-5(6,7)8;6-4-2-1-3-5(7)8/h3-7,9-11H,1-2,8H2;2-4H2,1H3;6H,1-4H2,(H,7,8)/b6-5+,9-7+;;/t10-;;/m1../s1. The van der Waals surface area contributed by atoms with Gasteiger partial charge in [-0.3, -0.25) is 4.79 Å². The largest absolute Gasteiger partial charge is 0.481 e. The van der Waals surface area contributed by atoms with Crippen LogP contribution in [0.3, 0.4) is 0 Å². The van der Waals surface area contributed by atoms with Gasteiger partial charge in [-0.2, -0.15) is 13.2 Å². The Morgan fingerprint density at radius 1 is 1.11 bits per heavy atom. The molecule has 0 aromatic carbocycles. The van der Waals surface area contributed by atoms with Crippen LogP contribution in [0.25, 0.3) is 0 Å². The summed E-state index contributed by atoms with van der Waals surface area (Å²) in [4.78, 5) is 9.79. The lowest BCUT2D eigenvalue weighted by Gasteiger charge is -2.02. The van der Waals surface area contributed by atoms with E-state index in [-0.39, 0.29) is 19.4 Å². The van der Waals surface area contributed by atoms with Crippen LogP contribution in [0.2, 0.25) is 0 Å².